The zero-order chi connectivity index (χ0) is 18.1. The number of nitrogens with zero attached hydrogens (tertiary/aromatic N) is 1. The summed E-state index contributed by atoms with van der Waals surface area (Å²) in [6.45, 7) is 3.49. The molecular weight excluding hydrogens is 461 g/mol. The Morgan fingerprint density at radius 3 is 2.73 bits per heavy atom. The zero-order valence-corrected chi connectivity index (χ0v) is 19.4. The van der Waals surface area contributed by atoms with Crippen molar-refractivity contribution in [1.82, 2.24) is 10.6 Å². The predicted octanol–water partition coefficient (Wildman–Crippen LogP) is 4.05. The molecule has 148 valence electrons. The minimum atomic E-state index is 0. The molecule has 2 N–H and O–H groups in total. The summed E-state index contributed by atoms with van der Waals surface area (Å²) in [5.74, 6) is 2.43. The average Bonchev–Trinajstić information content (AvgIpc) is 3.11. The Bertz CT molecular complexity index is 572. The number of methoxy groups -OCH3 is 1. The fourth-order valence-electron chi connectivity index (χ4n) is 3.01. The molecule has 0 aliphatic heterocycles. The van der Waals surface area contributed by atoms with Crippen molar-refractivity contribution in [2.24, 2.45) is 4.99 Å². The van der Waals surface area contributed by atoms with E-state index in [2.05, 4.69) is 34.9 Å². The van der Waals surface area contributed by atoms with E-state index in [1.165, 1.54) is 19.3 Å². The summed E-state index contributed by atoms with van der Waals surface area (Å²) in [5, 5.41) is 7.71. The smallest absolute Gasteiger partial charge is 0.191 e. The summed E-state index contributed by atoms with van der Waals surface area (Å²) >= 11 is 1.97. The van der Waals surface area contributed by atoms with Crippen LogP contribution in [0.2, 0.25) is 0 Å². The van der Waals surface area contributed by atoms with Crippen LogP contribution in [0.4, 0.5) is 0 Å². The van der Waals surface area contributed by atoms with Gasteiger partial charge in [-0.1, -0.05) is 13.0 Å². The van der Waals surface area contributed by atoms with Gasteiger partial charge in [0.15, 0.2) is 17.5 Å². The van der Waals surface area contributed by atoms with Crippen molar-refractivity contribution in [3.63, 3.8) is 0 Å². The summed E-state index contributed by atoms with van der Waals surface area (Å²) in [7, 11) is 3.49. The summed E-state index contributed by atoms with van der Waals surface area (Å²) in [4.78, 5) is 4.35. The average molecular weight is 493 g/mol. The van der Waals surface area contributed by atoms with Crippen LogP contribution in [0, 0.1) is 0 Å². The number of rotatable bonds is 8. The molecule has 5 nitrogen and oxygen atoms in total. The first-order valence-electron chi connectivity index (χ1n) is 8.99. The van der Waals surface area contributed by atoms with E-state index in [-0.39, 0.29) is 24.0 Å². The van der Waals surface area contributed by atoms with Crippen molar-refractivity contribution >= 4 is 41.7 Å². The molecule has 1 aromatic rings. The van der Waals surface area contributed by atoms with Crippen LogP contribution >= 0.6 is 35.7 Å². The first kappa shape index (κ1) is 23.2. The Balaban J connectivity index is 0.00000338. The van der Waals surface area contributed by atoms with E-state index >= 15 is 0 Å². The maximum absolute atomic E-state index is 5.70. The van der Waals surface area contributed by atoms with Crippen molar-refractivity contribution in [3.8, 4) is 11.5 Å². The van der Waals surface area contributed by atoms with Gasteiger partial charge in [0.05, 0.1) is 13.7 Å². The molecule has 0 radical (unpaired) electrons. The van der Waals surface area contributed by atoms with E-state index in [4.69, 9.17) is 9.47 Å². The number of halogens is 1. The van der Waals surface area contributed by atoms with Crippen molar-refractivity contribution in [1.29, 1.82) is 0 Å². The third-order valence-electron chi connectivity index (χ3n) is 4.43. The van der Waals surface area contributed by atoms with E-state index in [9.17, 15) is 0 Å². The van der Waals surface area contributed by atoms with Gasteiger partial charge >= 0.3 is 0 Å². The summed E-state index contributed by atoms with van der Waals surface area (Å²) in [6.07, 6.45) is 6.88. The number of thioether (sulfide) groups is 1. The minimum absolute atomic E-state index is 0. The fraction of sp³-hybridized carbons (Fsp3) is 0.632. The van der Waals surface area contributed by atoms with E-state index in [1.54, 1.807) is 7.11 Å². The summed E-state index contributed by atoms with van der Waals surface area (Å²) in [6, 6.07) is 6.57. The summed E-state index contributed by atoms with van der Waals surface area (Å²) < 4.78 is 11.2. The second-order valence-corrected chi connectivity index (χ2v) is 7.41. The van der Waals surface area contributed by atoms with Crippen LogP contribution in [0.5, 0.6) is 11.5 Å². The molecule has 1 fully saturated rings. The highest BCUT2D eigenvalue weighted by Crippen LogP contribution is 2.29. The van der Waals surface area contributed by atoms with Gasteiger partial charge in [-0.2, -0.15) is 11.8 Å². The highest BCUT2D eigenvalue weighted by Gasteiger charge is 2.24. The molecule has 0 amide bonds. The molecule has 0 aromatic heterocycles. The first-order chi connectivity index (χ1) is 12.2. The maximum Gasteiger partial charge on any atom is 0.191 e. The predicted molar refractivity (Wildman–Crippen MR) is 122 cm³/mol. The highest BCUT2D eigenvalue weighted by molar-refractivity contribution is 14.0. The van der Waals surface area contributed by atoms with Crippen LogP contribution in [0.15, 0.2) is 23.2 Å². The quantitative estimate of drug-likeness (QED) is 0.325. The van der Waals surface area contributed by atoms with Crippen LogP contribution in [0.3, 0.4) is 0 Å². The van der Waals surface area contributed by atoms with Crippen molar-refractivity contribution in [3.05, 3.63) is 23.8 Å². The lowest BCUT2D eigenvalue weighted by Crippen LogP contribution is -2.42. The topological polar surface area (TPSA) is 54.9 Å². The lowest BCUT2D eigenvalue weighted by atomic mass is 10.2. The molecule has 0 spiro atoms. The second kappa shape index (κ2) is 12.5. The van der Waals surface area contributed by atoms with Crippen molar-refractivity contribution < 1.29 is 9.47 Å². The van der Waals surface area contributed by atoms with Crippen molar-refractivity contribution in [2.75, 3.05) is 27.0 Å². The fourth-order valence-corrected chi connectivity index (χ4v) is 3.81. The molecule has 26 heavy (non-hydrogen) atoms. The molecule has 1 saturated carbocycles. The Morgan fingerprint density at radius 2 is 2.12 bits per heavy atom. The number of ether oxygens (including phenoxy) is 2. The van der Waals surface area contributed by atoms with Crippen LogP contribution in [0.1, 0.15) is 38.2 Å². The van der Waals surface area contributed by atoms with Gasteiger partial charge in [-0.15, -0.1) is 24.0 Å². The molecule has 2 rings (SSSR count). The lowest BCUT2D eigenvalue weighted by molar-refractivity contribution is 0.294. The Labute approximate surface area is 179 Å². The number of hydrogen-bond donors (Lipinski definition) is 2. The molecule has 2 atom stereocenters. The van der Waals surface area contributed by atoms with E-state index in [1.807, 2.05) is 30.9 Å². The highest BCUT2D eigenvalue weighted by atomic mass is 127. The van der Waals surface area contributed by atoms with E-state index in [0.29, 0.717) is 19.2 Å². The molecular formula is C19H32IN3O2S. The van der Waals surface area contributed by atoms with Crippen LogP contribution in [-0.2, 0) is 6.54 Å². The molecule has 1 aliphatic carbocycles. The third kappa shape index (κ3) is 7.06. The standard InChI is InChI=1S/C19H31N3O2S.HI/c1-5-10-24-17-9-6-14(11-18(17)23-3)13-21-19(20-2)22-15-7-8-16(12-15)25-4;/h6,9,11,15-16H,5,7-8,10,12-13H2,1-4H3,(H2,20,21,22);1H. The number of benzene rings is 1. The number of hydrogen-bond acceptors (Lipinski definition) is 4. The number of aliphatic imine (C=N–C) groups is 1. The largest absolute Gasteiger partial charge is 0.493 e. The molecule has 1 aromatic carbocycles. The van der Waals surface area contributed by atoms with Gasteiger partial charge in [-0.05, 0) is 49.6 Å². The third-order valence-corrected chi connectivity index (χ3v) is 5.53. The van der Waals surface area contributed by atoms with E-state index in [0.717, 1.165) is 34.7 Å². The van der Waals surface area contributed by atoms with Crippen LogP contribution < -0.4 is 20.1 Å². The Hall–Kier alpha value is -0.830. The van der Waals surface area contributed by atoms with Gasteiger partial charge in [-0.25, -0.2) is 0 Å². The lowest BCUT2D eigenvalue weighted by Gasteiger charge is -2.18. The van der Waals surface area contributed by atoms with Gasteiger partial charge in [0.1, 0.15) is 0 Å². The molecule has 0 heterocycles. The Morgan fingerprint density at radius 1 is 1.31 bits per heavy atom. The van der Waals surface area contributed by atoms with Crippen LogP contribution in [-0.4, -0.2) is 44.3 Å². The first-order valence-corrected chi connectivity index (χ1v) is 10.3. The molecule has 0 saturated heterocycles. The van der Waals surface area contributed by atoms with Gasteiger partial charge < -0.3 is 20.1 Å². The van der Waals surface area contributed by atoms with Crippen molar-refractivity contribution in [2.45, 2.75) is 50.4 Å². The van der Waals surface area contributed by atoms with Crippen LogP contribution in [0.25, 0.3) is 0 Å². The number of guanidine groups is 1. The molecule has 0 bridgehead atoms. The van der Waals surface area contributed by atoms with Gasteiger partial charge in [0.2, 0.25) is 0 Å². The van der Waals surface area contributed by atoms with Gasteiger partial charge in [-0.3, -0.25) is 4.99 Å². The normalized spacial score (nSPS) is 19.6. The van der Waals surface area contributed by atoms with Gasteiger partial charge in [0.25, 0.3) is 0 Å². The Kier molecular flexibility index (Phi) is 11.2. The summed E-state index contributed by atoms with van der Waals surface area (Å²) in [5.41, 5.74) is 1.14. The monoisotopic (exact) mass is 493 g/mol. The maximum atomic E-state index is 5.70. The minimum Gasteiger partial charge on any atom is -0.493 e. The molecule has 1 aliphatic rings. The second-order valence-electron chi connectivity index (χ2n) is 6.27. The number of nitrogens with one attached hydrogen (secondary N) is 2. The molecule has 7 heteroatoms. The zero-order valence-electron chi connectivity index (χ0n) is 16.2. The van der Waals surface area contributed by atoms with E-state index < -0.39 is 0 Å². The van der Waals surface area contributed by atoms with Gasteiger partial charge in [0, 0.05) is 24.9 Å². The SMILES string of the molecule is CCCOc1ccc(CNC(=NC)NC2CCC(SC)C2)cc1OC.I. The molecule has 2 unspecified atom stereocenters.